The average molecular weight is 184 g/mol. The molecule has 0 fully saturated rings. The van der Waals surface area contributed by atoms with Gasteiger partial charge in [-0.3, -0.25) is 0 Å². The van der Waals surface area contributed by atoms with Crippen molar-refractivity contribution >= 4 is 0 Å². The van der Waals surface area contributed by atoms with Gasteiger partial charge in [0.2, 0.25) is 0 Å². The number of halogens is 1. The quantitative estimate of drug-likeness (QED) is 0.562. The Kier molecular flexibility index (Phi) is 4.97. The molecule has 0 spiro atoms. The zero-order valence-electron chi connectivity index (χ0n) is 5.35. The predicted molar refractivity (Wildman–Crippen MR) is 30.7 cm³/mol. The Hall–Kier alpha value is -0.544. The Bertz CT molecular complexity index is 185. The van der Waals surface area contributed by atoms with E-state index in [1.807, 2.05) is 13.0 Å². The van der Waals surface area contributed by atoms with Crippen LogP contribution < -0.4 is 0 Å². The average Bonchev–Trinajstić information content (AvgIpc) is 1.91. The fourth-order valence-electron chi connectivity index (χ4n) is 0.549. The molecule has 57 valence electrons. The SMILES string of the molecule is Cc1[c-]c(F)ccc1.[O]=[Co]. The van der Waals surface area contributed by atoms with Gasteiger partial charge in [-0.25, -0.2) is 4.39 Å². The second-order valence-corrected chi connectivity index (χ2v) is 1.68. The van der Waals surface area contributed by atoms with Crippen LogP contribution >= 0.6 is 0 Å². The molecule has 0 amide bonds. The molecule has 1 aromatic rings. The first-order chi connectivity index (χ1) is 4.79. The molecular weight excluding hydrogens is 178 g/mol. The number of benzene rings is 1. The van der Waals surface area contributed by atoms with Crippen molar-refractivity contribution in [1.82, 2.24) is 0 Å². The summed E-state index contributed by atoms with van der Waals surface area (Å²) in [5, 5.41) is 0. The van der Waals surface area contributed by atoms with E-state index < -0.39 is 0 Å². The molecule has 3 heteroatoms. The van der Waals surface area contributed by atoms with Gasteiger partial charge in [0.05, 0.1) is 0 Å². The second-order valence-electron chi connectivity index (χ2n) is 1.68. The van der Waals surface area contributed by atoms with Crippen LogP contribution in [-0.2, 0) is 19.5 Å². The van der Waals surface area contributed by atoms with E-state index in [2.05, 4.69) is 21.7 Å². The Morgan fingerprint density at radius 1 is 1.50 bits per heavy atom. The van der Waals surface area contributed by atoms with Crippen molar-refractivity contribution in [1.29, 1.82) is 0 Å². The normalized spacial score (nSPS) is 7.90. The second kappa shape index (κ2) is 5.26. The van der Waals surface area contributed by atoms with Gasteiger partial charge < -0.3 is 0 Å². The molecule has 0 unspecified atom stereocenters. The summed E-state index contributed by atoms with van der Waals surface area (Å²) in [6.07, 6.45) is 0. The van der Waals surface area contributed by atoms with E-state index in [0.29, 0.717) is 0 Å². The van der Waals surface area contributed by atoms with Crippen LogP contribution in [0.2, 0.25) is 0 Å². The zero-order chi connectivity index (χ0) is 7.98. The van der Waals surface area contributed by atoms with Crippen molar-refractivity contribution in [2.24, 2.45) is 0 Å². The van der Waals surface area contributed by atoms with E-state index in [-0.39, 0.29) is 5.82 Å². The predicted octanol–water partition coefficient (Wildman–Crippen LogP) is 1.81. The fraction of sp³-hybridized carbons (Fsp3) is 0.143. The van der Waals surface area contributed by atoms with Crippen LogP contribution in [0.1, 0.15) is 5.56 Å². The van der Waals surface area contributed by atoms with Gasteiger partial charge in [0.25, 0.3) is 0 Å². The molecule has 1 aromatic carbocycles. The maximum absolute atomic E-state index is 12.1. The summed E-state index contributed by atoms with van der Waals surface area (Å²) < 4.78 is 20.0. The third kappa shape index (κ3) is 3.48. The van der Waals surface area contributed by atoms with E-state index in [1.165, 1.54) is 6.07 Å². The van der Waals surface area contributed by atoms with Gasteiger partial charge in [-0.15, -0.1) is 12.1 Å². The first-order valence-corrected chi connectivity index (χ1v) is 2.99. The minimum atomic E-state index is -0.287. The molecular formula is C7H6CoFO-. The van der Waals surface area contributed by atoms with Crippen LogP contribution in [-0.4, -0.2) is 0 Å². The molecule has 0 aliphatic heterocycles. The number of aryl methyl sites for hydroxylation is 1. The summed E-state index contributed by atoms with van der Waals surface area (Å²) in [4.78, 5) is 0. The summed E-state index contributed by atoms with van der Waals surface area (Å²) in [7, 11) is 0. The van der Waals surface area contributed by atoms with Crippen molar-refractivity contribution in [3.8, 4) is 0 Å². The van der Waals surface area contributed by atoms with Crippen molar-refractivity contribution in [3.63, 3.8) is 0 Å². The van der Waals surface area contributed by atoms with E-state index in [4.69, 9.17) is 3.87 Å². The van der Waals surface area contributed by atoms with E-state index in [1.54, 1.807) is 6.07 Å². The Labute approximate surface area is 67.0 Å². The Morgan fingerprint density at radius 3 is 2.40 bits per heavy atom. The molecule has 0 heterocycles. The topological polar surface area (TPSA) is 17.1 Å². The molecule has 1 nitrogen and oxygen atoms in total. The number of rotatable bonds is 0. The van der Waals surface area contributed by atoms with Crippen molar-refractivity contribution in [2.75, 3.05) is 0 Å². The minimum absolute atomic E-state index is 0.287. The molecule has 0 aliphatic rings. The van der Waals surface area contributed by atoms with Gasteiger partial charge in [0.15, 0.2) is 0 Å². The van der Waals surface area contributed by atoms with E-state index in [0.717, 1.165) is 5.56 Å². The third-order valence-electron chi connectivity index (χ3n) is 0.905. The first-order valence-electron chi connectivity index (χ1n) is 2.57. The van der Waals surface area contributed by atoms with Crippen LogP contribution in [0.4, 0.5) is 4.39 Å². The van der Waals surface area contributed by atoms with Crippen LogP contribution in [0, 0.1) is 18.8 Å². The molecule has 10 heavy (non-hydrogen) atoms. The zero-order valence-corrected chi connectivity index (χ0v) is 6.39. The van der Waals surface area contributed by atoms with Gasteiger partial charge in [-0.1, -0.05) is 6.92 Å². The third-order valence-corrected chi connectivity index (χ3v) is 0.905. The van der Waals surface area contributed by atoms with Gasteiger partial charge in [0.1, 0.15) is 0 Å². The van der Waals surface area contributed by atoms with E-state index >= 15 is 0 Å². The van der Waals surface area contributed by atoms with Crippen molar-refractivity contribution < 1.29 is 23.9 Å². The van der Waals surface area contributed by atoms with Gasteiger partial charge in [-0.2, -0.15) is 17.7 Å². The molecule has 0 aromatic heterocycles. The molecule has 0 saturated heterocycles. The summed E-state index contributed by atoms with van der Waals surface area (Å²) in [6.45, 7) is 1.81. The Morgan fingerprint density at radius 2 is 2.10 bits per heavy atom. The van der Waals surface area contributed by atoms with Crippen molar-refractivity contribution in [3.05, 3.63) is 35.6 Å². The number of hydrogen-bond acceptors (Lipinski definition) is 1. The first kappa shape index (κ1) is 9.46. The van der Waals surface area contributed by atoms with Gasteiger partial charge in [0, 0.05) is 5.82 Å². The monoisotopic (exact) mass is 184 g/mol. The molecule has 0 N–H and O–H groups in total. The summed E-state index contributed by atoms with van der Waals surface area (Å²) in [6, 6.07) is 7.36. The van der Waals surface area contributed by atoms with Crippen molar-refractivity contribution in [2.45, 2.75) is 6.92 Å². The molecule has 0 bridgehead atoms. The van der Waals surface area contributed by atoms with Gasteiger partial charge >= 0.3 is 19.5 Å². The van der Waals surface area contributed by atoms with Crippen LogP contribution in [0.25, 0.3) is 0 Å². The number of hydrogen-bond donors (Lipinski definition) is 0. The molecule has 0 saturated carbocycles. The molecule has 0 atom stereocenters. The Balaban J connectivity index is 0.000000371. The van der Waals surface area contributed by atoms with Crippen LogP contribution in [0.3, 0.4) is 0 Å². The molecule has 0 radical (unpaired) electrons. The summed E-state index contributed by atoms with van der Waals surface area (Å²) >= 11 is 2.31. The maximum atomic E-state index is 12.1. The summed E-state index contributed by atoms with van der Waals surface area (Å²) in [5.74, 6) is -0.287. The standard InChI is InChI=1S/C7H6F.Co.O/c1-6-3-2-4-7(8)5-6;;/h2-4H,1H3;;/q-1;;. The van der Waals surface area contributed by atoms with Crippen LogP contribution in [0.15, 0.2) is 18.2 Å². The van der Waals surface area contributed by atoms with Gasteiger partial charge in [-0.05, 0) is 0 Å². The molecule has 0 aliphatic carbocycles. The molecule has 1 rings (SSSR count). The van der Waals surface area contributed by atoms with E-state index in [9.17, 15) is 4.39 Å². The summed E-state index contributed by atoms with van der Waals surface area (Å²) in [5.41, 5.74) is 0.838. The fourth-order valence-corrected chi connectivity index (χ4v) is 0.549. The van der Waals surface area contributed by atoms with Crippen LogP contribution in [0.5, 0.6) is 0 Å².